The normalized spacial score (nSPS) is 24.3. The van der Waals surface area contributed by atoms with Crippen LogP contribution in [-0.4, -0.2) is 43.3 Å². The van der Waals surface area contributed by atoms with Crippen molar-refractivity contribution in [1.82, 2.24) is 15.5 Å². The smallest absolute Gasteiger partial charge is 0.0604 e. The molecule has 2 atom stereocenters. The van der Waals surface area contributed by atoms with Crippen molar-refractivity contribution >= 4 is 6.72 Å². The molecule has 2 unspecified atom stereocenters. The number of allylic oxidation sites excluding steroid dienone is 9. The Hall–Kier alpha value is -2.59. The first-order chi connectivity index (χ1) is 16.1. The molecule has 0 radical (unpaired) electrons. The zero-order valence-electron chi connectivity index (χ0n) is 21.4. The molecule has 4 nitrogen and oxygen atoms in total. The van der Waals surface area contributed by atoms with Gasteiger partial charge in [0.25, 0.3) is 0 Å². The lowest BCUT2D eigenvalue weighted by molar-refractivity contribution is 0.0223. The number of hydrogen-bond donors (Lipinski definition) is 2. The van der Waals surface area contributed by atoms with Crippen LogP contribution in [0, 0.1) is 0 Å². The van der Waals surface area contributed by atoms with Crippen LogP contribution >= 0.6 is 0 Å². The van der Waals surface area contributed by atoms with Crippen LogP contribution in [-0.2, 0) is 0 Å². The van der Waals surface area contributed by atoms with Gasteiger partial charge in [-0.25, -0.2) is 0 Å². The first-order valence-electron chi connectivity index (χ1n) is 12.5. The maximum absolute atomic E-state index is 3.73. The standard InChI is InChI=1S/C25H37N3.C4H7N/c1-5-8-20-10-12-21(13-11-20)16-27-24(7-3)25(14-9-19(4)6-2)28-22-15-23(28)18-26-17-22;1-3-4-5-2/h7-10,12-14,22-23,26-27H,5-6,11,15-18H2,1-4H3;3-4H,2H2,1H3/b19-9+,20-8+,24-7+,25-14+;4-3-. The third-order valence-electron chi connectivity index (χ3n) is 6.33. The van der Waals surface area contributed by atoms with Gasteiger partial charge in [-0.3, -0.25) is 4.99 Å². The van der Waals surface area contributed by atoms with Crippen LogP contribution in [0.1, 0.15) is 60.3 Å². The largest absolute Gasteiger partial charge is 0.380 e. The molecular weight excluding hydrogens is 404 g/mol. The molecule has 2 saturated heterocycles. The predicted octanol–water partition coefficient (Wildman–Crippen LogP) is 6.21. The second-order valence-corrected chi connectivity index (χ2v) is 8.75. The van der Waals surface area contributed by atoms with Gasteiger partial charge in [-0.15, -0.1) is 0 Å². The van der Waals surface area contributed by atoms with Crippen molar-refractivity contribution in [2.45, 2.75) is 72.4 Å². The third-order valence-corrected chi connectivity index (χ3v) is 6.33. The Labute approximate surface area is 202 Å². The van der Waals surface area contributed by atoms with Crippen LogP contribution in [0.4, 0.5) is 0 Å². The molecule has 0 amide bonds. The van der Waals surface area contributed by atoms with Gasteiger partial charge < -0.3 is 15.5 Å². The highest BCUT2D eigenvalue weighted by atomic mass is 15.3. The highest BCUT2D eigenvalue weighted by Gasteiger charge is 2.42. The van der Waals surface area contributed by atoms with E-state index in [0.717, 1.165) is 38.9 Å². The van der Waals surface area contributed by atoms with Crippen molar-refractivity contribution in [2.24, 2.45) is 4.99 Å². The van der Waals surface area contributed by atoms with E-state index >= 15 is 0 Å². The van der Waals surface area contributed by atoms with E-state index in [1.165, 1.54) is 34.5 Å². The summed E-state index contributed by atoms with van der Waals surface area (Å²) >= 11 is 0. The van der Waals surface area contributed by atoms with E-state index in [1.807, 2.05) is 13.0 Å². The van der Waals surface area contributed by atoms with E-state index in [2.05, 4.69) is 97.5 Å². The summed E-state index contributed by atoms with van der Waals surface area (Å²) in [5, 5.41) is 7.28. The molecule has 4 heteroatoms. The fourth-order valence-corrected chi connectivity index (χ4v) is 4.32. The topological polar surface area (TPSA) is 39.7 Å². The molecule has 180 valence electrons. The Morgan fingerprint density at radius 2 is 1.97 bits per heavy atom. The minimum absolute atomic E-state index is 0.632. The summed E-state index contributed by atoms with van der Waals surface area (Å²) in [5.41, 5.74) is 6.83. The van der Waals surface area contributed by atoms with Crippen molar-refractivity contribution in [2.75, 3.05) is 19.6 Å². The van der Waals surface area contributed by atoms with E-state index in [0.29, 0.717) is 12.1 Å². The van der Waals surface area contributed by atoms with Crippen LogP contribution in [0.15, 0.2) is 87.9 Å². The molecule has 2 fully saturated rings. The summed E-state index contributed by atoms with van der Waals surface area (Å²) in [7, 11) is 0. The highest BCUT2D eigenvalue weighted by molar-refractivity contribution is 5.39. The summed E-state index contributed by atoms with van der Waals surface area (Å²) in [4.78, 5) is 6.05. The molecule has 2 aliphatic heterocycles. The van der Waals surface area contributed by atoms with Gasteiger partial charge in [0.15, 0.2) is 0 Å². The lowest BCUT2D eigenvalue weighted by atomic mass is 9.87. The molecule has 33 heavy (non-hydrogen) atoms. The van der Waals surface area contributed by atoms with Gasteiger partial charge >= 0.3 is 0 Å². The van der Waals surface area contributed by atoms with Gasteiger partial charge in [-0.2, -0.15) is 0 Å². The molecular formula is C29H44N4. The molecule has 0 saturated carbocycles. The first-order valence-corrected chi connectivity index (χ1v) is 12.5. The summed E-state index contributed by atoms with van der Waals surface area (Å²) < 4.78 is 0. The second-order valence-electron chi connectivity index (χ2n) is 8.75. The Balaban J connectivity index is 0.000000696. The molecule has 0 aromatic heterocycles. The molecule has 2 N–H and O–H groups in total. The zero-order valence-corrected chi connectivity index (χ0v) is 21.4. The van der Waals surface area contributed by atoms with Gasteiger partial charge in [0.1, 0.15) is 0 Å². The number of piperazine rings is 1. The monoisotopic (exact) mass is 448 g/mol. The fraction of sp³-hybridized carbons (Fsp3) is 0.483. The Bertz CT molecular complexity index is 837. The Kier molecular flexibility index (Phi) is 11.7. The van der Waals surface area contributed by atoms with E-state index in [9.17, 15) is 0 Å². The van der Waals surface area contributed by atoms with Crippen molar-refractivity contribution in [1.29, 1.82) is 0 Å². The van der Waals surface area contributed by atoms with Crippen LogP contribution in [0.2, 0.25) is 0 Å². The third kappa shape index (κ3) is 8.04. The first kappa shape index (κ1) is 26.7. The lowest BCUT2D eigenvalue weighted by Crippen LogP contribution is -2.67. The summed E-state index contributed by atoms with van der Waals surface area (Å²) in [6.45, 7) is 17.0. The lowest BCUT2D eigenvalue weighted by Gasteiger charge is -2.55. The van der Waals surface area contributed by atoms with Gasteiger partial charge in [0, 0.05) is 37.9 Å². The van der Waals surface area contributed by atoms with Crippen LogP contribution in [0.25, 0.3) is 0 Å². The van der Waals surface area contributed by atoms with E-state index < -0.39 is 0 Å². The number of nitrogens with one attached hydrogen (secondary N) is 2. The molecule has 2 bridgehead atoms. The number of rotatable bonds is 9. The van der Waals surface area contributed by atoms with Crippen molar-refractivity contribution < 1.29 is 0 Å². The van der Waals surface area contributed by atoms with Crippen LogP contribution in [0.5, 0.6) is 0 Å². The number of piperidine rings is 1. The molecule has 3 aliphatic rings. The molecule has 0 spiro atoms. The highest BCUT2D eigenvalue weighted by Crippen LogP contribution is 2.35. The van der Waals surface area contributed by atoms with Crippen LogP contribution in [0.3, 0.4) is 0 Å². The van der Waals surface area contributed by atoms with Crippen molar-refractivity contribution in [3.8, 4) is 0 Å². The van der Waals surface area contributed by atoms with Crippen LogP contribution < -0.4 is 10.6 Å². The Morgan fingerprint density at radius 1 is 1.21 bits per heavy atom. The average Bonchev–Trinajstić information content (AvgIpc) is 2.84. The second kappa shape index (κ2) is 14.5. The number of fused-ring (bicyclic) bond motifs is 2. The van der Waals surface area contributed by atoms with Crippen molar-refractivity contribution in [3.05, 3.63) is 82.9 Å². The molecule has 0 aromatic rings. The maximum atomic E-state index is 3.73. The molecule has 2 heterocycles. The molecule has 1 aliphatic carbocycles. The fourth-order valence-electron chi connectivity index (χ4n) is 4.32. The summed E-state index contributed by atoms with van der Waals surface area (Å²) in [6.07, 6.45) is 24.1. The maximum Gasteiger partial charge on any atom is 0.0604 e. The summed E-state index contributed by atoms with van der Waals surface area (Å²) in [5.74, 6) is 0. The molecule has 0 aromatic carbocycles. The van der Waals surface area contributed by atoms with Crippen molar-refractivity contribution in [3.63, 3.8) is 0 Å². The van der Waals surface area contributed by atoms with E-state index in [-0.39, 0.29) is 0 Å². The Morgan fingerprint density at radius 3 is 2.45 bits per heavy atom. The number of nitrogens with zero attached hydrogens (tertiary/aromatic N) is 2. The van der Waals surface area contributed by atoms with Gasteiger partial charge in [0.2, 0.25) is 0 Å². The quantitative estimate of drug-likeness (QED) is 0.325. The summed E-state index contributed by atoms with van der Waals surface area (Å²) in [6, 6.07) is 1.26. The van der Waals surface area contributed by atoms with Gasteiger partial charge in [-0.1, -0.05) is 62.0 Å². The average molecular weight is 449 g/mol. The SMILES string of the molecule is C=N/C=C\C.C\C=C(NCC1=CC/C(=C/CC)C=C1)/C(=C\C=C(/C)CC)N1C2CNCC1C2. The van der Waals surface area contributed by atoms with E-state index in [4.69, 9.17) is 0 Å². The van der Waals surface area contributed by atoms with Gasteiger partial charge in [-0.05, 0) is 70.4 Å². The minimum Gasteiger partial charge on any atom is -0.380 e. The molecule has 3 rings (SSSR count). The minimum atomic E-state index is 0.632. The predicted molar refractivity (Wildman–Crippen MR) is 145 cm³/mol. The van der Waals surface area contributed by atoms with E-state index in [1.54, 1.807) is 6.20 Å². The van der Waals surface area contributed by atoms with Gasteiger partial charge in [0.05, 0.1) is 11.4 Å². The zero-order chi connectivity index (χ0) is 24.1. The number of aliphatic imine (C=N–C) groups is 1. The number of hydrogen-bond acceptors (Lipinski definition) is 4.